The molecule has 0 fully saturated rings. The fraction of sp³-hybridized carbons (Fsp3) is 0. The number of hydrogen-bond acceptors (Lipinski definition) is 3. The molecule has 0 radical (unpaired) electrons. The molecule has 5 heavy (non-hydrogen) atoms. The van der Waals surface area contributed by atoms with Crippen molar-refractivity contribution >= 4 is 30.7 Å². The maximum atomic E-state index is 9.22. The minimum Gasteiger partial charge on any atom is -0.793 e. The first-order chi connectivity index (χ1) is 1.73. The molecule has 1 nitrogen and oxygen atoms in total. The molecule has 0 N–H and O–H groups in total. The van der Waals surface area contributed by atoms with Crippen LogP contribution in [0.1, 0.15) is 0 Å². The maximum absolute atomic E-state index is 9.22. The fourth-order valence-corrected chi connectivity index (χ4v) is 0. The van der Waals surface area contributed by atoms with Gasteiger partial charge in [-0.25, -0.2) is 0 Å². The van der Waals surface area contributed by atoms with Gasteiger partial charge in [-0.15, -0.1) is 0 Å². The van der Waals surface area contributed by atoms with Gasteiger partial charge in [0.15, 0.2) is 0 Å². The summed E-state index contributed by atoms with van der Waals surface area (Å²) < 4.78 is 9.22. The van der Waals surface area contributed by atoms with Gasteiger partial charge in [0, 0.05) is 0 Å². The van der Waals surface area contributed by atoms with Gasteiger partial charge >= 0.3 is 29.6 Å². The predicted molar refractivity (Wildman–Crippen MR) is 24.3 cm³/mol. The van der Waals surface area contributed by atoms with E-state index in [0.29, 0.717) is 0 Å². The molecular formula is HNaOS3. The summed E-state index contributed by atoms with van der Waals surface area (Å²) in [7, 11) is -1.70. The van der Waals surface area contributed by atoms with Crippen LogP contribution in [0.5, 0.6) is 0 Å². The summed E-state index contributed by atoms with van der Waals surface area (Å²) in [5, 5.41) is 0. The molecule has 0 aromatic heterocycles. The van der Waals surface area contributed by atoms with Gasteiger partial charge in [0.25, 0.3) is 0 Å². The van der Waals surface area contributed by atoms with Gasteiger partial charge in [-0.2, -0.15) is 8.29 Å². The van der Waals surface area contributed by atoms with Crippen molar-refractivity contribution in [1.82, 2.24) is 0 Å². The molecule has 0 bridgehead atoms. The minimum atomic E-state index is -1.70. The maximum Gasteiger partial charge on any atom is 1.00 e. The van der Waals surface area contributed by atoms with Gasteiger partial charge in [0.05, 0.1) is 0 Å². The average molecular weight is 136 g/mol. The van der Waals surface area contributed by atoms with E-state index in [9.17, 15) is 4.55 Å². The Morgan fingerprint density at radius 1 is 1.40 bits per heavy atom. The van der Waals surface area contributed by atoms with Crippen molar-refractivity contribution in [1.29, 1.82) is 0 Å². The third kappa shape index (κ3) is 26.4. The van der Waals surface area contributed by atoms with E-state index in [4.69, 9.17) is 0 Å². The van der Waals surface area contributed by atoms with Crippen molar-refractivity contribution in [3.05, 3.63) is 0 Å². The van der Waals surface area contributed by atoms with Crippen LogP contribution in [-0.2, 0) is 30.7 Å². The topological polar surface area (TPSA) is 23.1 Å². The zero-order valence-electron chi connectivity index (χ0n) is 2.67. The fourth-order valence-electron chi connectivity index (χ4n) is 0. The molecule has 5 heteroatoms. The standard InChI is InChI=1S/Na.H2OS3/c;1-4(2)3/h;4H,(H,1,2,3)/q+1;/p-1. The minimum absolute atomic E-state index is 0. The molecule has 0 atom stereocenters. The summed E-state index contributed by atoms with van der Waals surface area (Å²) in [6, 6.07) is 0. The number of thiol groups is 1. The molecule has 0 aliphatic rings. The van der Waals surface area contributed by atoms with Crippen LogP contribution in [-0.4, -0.2) is 4.55 Å². The molecule has 0 aliphatic heterocycles. The van der Waals surface area contributed by atoms with E-state index >= 15 is 0 Å². The van der Waals surface area contributed by atoms with Crippen LogP contribution >= 0.6 is 0 Å². The summed E-state index contributed by atoms with van der Waals surface area (Å²) in [6.07, 6.45) is 0. The van der Waals surface area contributed by atoms with Gasteiger partial charge in [-0.1, -0.05) is 22.4 Å². The van der Waals surface area contributed by atoms with Gasteiger partial charge in [0.1, 0.15) is 0 Å². The van der Waals surface area contributed by atoms with Gasteiger partial charge in [-0.3, -0.25) is 0 Å². The molecule has 0 spiro atoms. The number of rotatable bonds is 0. The van der Waals surface area contributed by atoms with E-state index < -0.39 is 8.29 Å². The van der Waals surface area contributed by atoms with Crippen LogP contribution < -0.4 is 29.6 Å². The third-order valence-electron chi connectivity index (χ3n) is 0. The van der Waals surface area contributed by atoms with Crippen molar-refractivity contribution in [2.45, 2.75) is 0 Å². The summed E-state index contributed by atoms with van der Waals surface area (Å²) in [5.41, 5.74) is 0. The zero-order valence-corrected chi connectivity index (χ0v) is 7.20. The van der Waals surface area contributed by atoms with Crippen LogP contribution in [0, 0.1) is 0 Å². The van der Waals surface area contributed by atoms with Gasteiger partial charge < -0.3 is 4.55 Å². The molecule has 26 valence electrons. The van der Waals surface area contributed by atoms with E-state index in [2.05, 4.69) is 22.4 Å². The van der Waals surface area contributed by atoms with Crippen molar-refractivity contribution in [3.8, 4) is 0 Å². The zero-order chi connectivity index (χ0) is 3.58. The van der Waals surface area contributed by atoms with Crippen LogP contribution in [0.4, 0.5) is 0 Å². The van der Waals surface area contributed by atoms with Crippen LogP contribution in [0.3, 0.4) is 0 Å². The first kappa shape index (κ1) is 9.89. The molecule has 0 saturated carbocycles. The molecule has 0 aromatic rings. The molecule has 0 heterocycles. The molecule has 0 rings (SSSR count). The van der Waals surface area contributed by atoms with Crippen LogP contribution in [0.2, 0.25) is 0 Å². The first-order valence-electron chi connectivity index (χ1n) is 0.548. The third-order valence-corrected chi connectivity index (χ3v) is 0. The molecule has 0 aliphatic carbocycles. The average Bonchev–Trinajstić information content (AvgIpc) is 0.811. The Balaban J connectivity index is 0. The molecule has 0 amide bonds. The summed E-state index contributed by atoms with van der Waals surface area (Å²) in [6.45, 7) is 0. The Labute approximate surface area is 64.1 Å². The van der Waals surface area contributed by atoms with Gasteiger partial charge in [0.2, 0.25) is 0 Å². The van der Waals surface area contributed by atoms with E-state index in [0.717, 1.165) is 0 Å². The normalized spacial score (nSPS) is 6.80. The van der Waals surface area contributed by atoms with E-state index in [1.807, 2.05) is 0 Å². The van der Waals surface area contributed by atoms with Crippen molar-refractivity contribution in [3.63, 3.8) is 0 Å². The monoisotopic (exact) mass is 136 g/mol. The van der Waals surface area contributed by atoms with Crippen LogP contribution in [0.15, 0.2) is 0 Å². The summed E-state index contributed by atoms with van der Waals surface area (Å²) >= 11 is 7.89. The molecule has 0 saturated heterocycles. The summed E-state index contributed by atoms with van der Waals surface area (Å²) in [4.78, 5) is 0. The second-order valence-corrected chi connectivity index (χ2v) is 3.35. The van der Waals surface area contributed by atoms with E-state index in [1.165, 1.54) is 0 Å². The SMILES string of the molecule is [Na+].[O-][SH](=S)=S. The van der Waals surface area contributed by atoms with Crippen molar-refractivity contribution in [2.75, 3.05) is 0 Å². The Bertz CT molecular complexity index is 55.3. The number of hydrogen-bond donors (Lipinski definition) is 1. The van der Waals surface area contributed by atoms with Crippen molar-refractivity contribution in [2.24, 2.45) is 0 Å². The van der Waals surface area contributed by atoms with E-state index in [1.54, 1.807) is 0 Å². The second-order valence-electron chi connectivity index (χ2n) is 0.224. The quantitative estimate of drug-likeness (QED) is 0.275. The van der Waals surface area contributed by atoms with Gasteiger partial charge in [-0.05, 0) is 0 Å². The molecule has 0 unspecified atom stereocenters. The van der Waals surface area contributed by atoms with Crippen LogP contribution in [0.25, 0.3) is 0 Å². The summed E-state index contributed by atoms with van der Waals surface area (Å²) in [5.74, 6) is 0. The Morgan fingerprint density at radius 2 is 1.40 bits per heavy atom. The molecular weight excluding hydrogens is 135 g/mol. The van der Waals surface area contributed by atoms with Crippen molar-refractivity contribution < 1.29 is 34.1 Å². The van der Waals surface area contributed by atoms with E-state index in [-0.39, 0.29) is 29.6 Å². The second kappa shape index (κ2) is 5.75. The largest absolute Gasteiger partial charge is 1.00 e. The Kier molecular flexibility index (Phi) is 11.4. The Morgan fingerprint density at radius 3 is 1.40 bits per heavy atom. The smallest absolute Gasteiger partial charge is 0.793 e. The predicted octanol–water partition coefficient (Wildman–Crippen LogP) is -3.60. The first-order valence-corrected chi connectivity index (χ1v) is 3.83. The Hall–Kier alpha value is 1.75. The molecule has 0 aromatic carbocycles.